The van der Waals surface area contributed by atoms with Crippen LogP contribution in [0.3, 0.4) is 0 Å². The van der Waals surface area contributed by atoms with Gasteiger partial charge in [-0.15, -0.1) is 0 Å². The normalized spacial score (nSPS) is 15.3. The lowest BCUT2D eigenvalue weighted by Crippen LogP contribution is -2.02. The van der Waals surface area contributed by atoms with E-state index in [-0.39, 0.29) is 5.78 Å². The third kappa shape index (κ3) is 1.69. The Kier molecular flexibility index (Phi) is 2.78. The van der Waals surface area contributed by atoms with Crippen molar-refractivity contribution in [3.05, 3.63) is 41.5 Å². The molecular weight excluding hydrogens is 224 g/mol. The standard InChI is InChI=1S/C16H16O2/c1-18-16-10-14-12(7-4-5-9-15(14)17)11-6-2-3-8-13(11)16/h2-3,6,8,10H,4-5,7,9H2,1H3. The largest absolute Gasteiger partial charge is 0.496 e. The van der Waals surface area contributed by atoms with E-state index >= 15 is 0 Å². The van der Waals surface area contributed by atoms with Gasteiger partial charge in [-0.25, -0.2) is 0 Å². The monoisotopic (exact) mass is 240 g/mol. The number of carbonyl (C=O) groups excluding carboxylic acids is 1. The molecule has 2 aromatic rings. The molecule has 2 heteroatoms. The molecule has 0 aliphatic heterocycles. The SMILES string of the molecule is COc1cc2c(c3ccccc13)CCCCC2=O. The molecule has 0 saturated heterocycles. The van der Waals surface area contributed by atoms with E-state index < -0.39 is 0 Å². The topological polar surface area (TPSA) is 26.3 Å². The summed E-state index contributed by atoms with van der Waals surface area (Å²) in [6.45, 7) is 0. The maximum absolute atomic E-state index is 12.2. The predicted molar refractivity (Wildman–Crippen MR) is 72.4 cm³/mol. The van der Waals surface area contributed by atoms with Crippen LogP contribution in [0.1, 0.15) is 35.2 Å². The van der Waals surface area contributed by atoms with Crippen LogP contribution >= 0.6 is 0 Å². The van der Waals surface area contributed by atoms with Crippen LogP contribution < -0.4 is 4.74 Å². The molecule has 0 bridgehead atoms. The quantitative estimate of drug-likeness (QED) is 0.709. The van der Waals surface area contributed by atoms with E-state index in [1.54, 1.807) is 7.11 Å². The van der Waals surface area contributed by atoms with E-state index in [1.807, 2.05) is 18.2 Å². The van der Waals surface area contributed by atoms with E-state index in [2.05, 4.69) is 12.1 Å². The molecule has 92 valence electrons. The highest BCUT2D eigenvalue weighted by molar-refractivity contribution is 6.05. The first kappa shape index (κ1) is 11.3. The number of ether oxygens (including phenoxy) is 1. The second-order valence-electron chi connectivity index (χ2n) is 4.78. The second-order valence-corrected chi connectivity index (χ2v) is 4.78. The predicted octanol–water partition coefficient (Wildman–Crippen LogP) is 3.76. The maximum atomic E-state index is 12.2. The number of Topliss-reactive ketones (excluding diaryl/α,β-unsaturated/α-hetero) is 1. The summed E-state index contributed by atoms with van der Waals surface area (Å²) >= 11 is 0. The van der Waals surface area contributed by atoms with Crippen LogP contribution in [-0.4, -0.2) is 12.9 Å². The highest BCUT2D eigenvalue weighted by Gasteiger charge is 2.19. The average Bonchev–Trinajstić information content (AvgIpc) is 2.60. The first-order chi connectivity index (χ1) is 8.81. The number of rotatable bonds is 1. The van der Waals surface area contributed by atoms with E-state index in [9.17, 15) is 4.79 Å². The van der Waals surface area contributed by atoms with Gasteiger partial charge in [-0.3, -0.25) is 4.79 Å². The van der Waals surface area contributed by atoms with Crippen molar-refractivity contribution >= 4 is 16.6 Å². The molecule has 0 saturated carbocycles. The van der Waals surface area contributed by atoms with E-state index in [0.29, 0.717) is 6.42 Å². The van der Waals surface area contributed by atoms with Crippen molar-refractivity contribution in [3.63, 3.8) is 0 Å². The van der Waals surface area contributed by atoms with Gasteiger partial charge in [0.1, 0.15) is 5.75 Å². The molecular formula is C16H16O2. The minimum atomic E-state index is 0.256. The molecule has 2 aromatic carbocycles. The number of aryl methyl sites for hydroxylation is 1. The van der Waals surface area contributed by atoms with E-state index in [0.717, 1.165) is 36.0 Å². The molecule has 0 atom stereocenters. The molecule has 0 fully saturated rings. The van der Waals surface area contributed by atoms with Gasteiger partial charge in [-0.1, -0.05) is 24.3 Å². The lowest BCUT2D eigenvalue weighted by atomic mass is 9.94. The molecule has 0 unspecified atom stereocenters. The van der Waals surface area contributed by atoms with Gasteiger partial charge in [0, 0.05) is 17.4 Å². The van der Waals surface area contributed by atoms with Gasteiger partial charge in [0.15, 0.2) is 5.78 Å². The van der Waals surface area contributed by atoms with Crippen molar-refractivity contribution in [2.75, 3.05) is 7.11 Å². The number of benzene rings is 2. The van der Waals surface area contributed by atoms with Gasteiger partial charge in [0.2, 0.25) is 0 Å². The summed E-state index contributed by atoms with van der Waals surface area (Å²) in [4.78, 5) is 12.2. The highest BCUT2D eigenvalue weighted by atomic mass is 16.5. The Morgan fingerprint density at radius 1 is 1.06 bits per heavy atom. The van der Waals surface area contributed by atoms with Gasteiger partial charge in [0.05, 0.1) is 7.11 Å². The van der Waals surface area contributed by atoms with Crippen LogP contribution in [-0.2, 0) is 6.42 Å². The molecule has 1 aliphatic carbocycles. The number of hydrogen-bond acceptors (Lipinski definition) is 2. The van der Waals surface area contributed by atoms with Crippen molar-refractivity contribution in [1.82, 2.24) is 0 Å². The fraction of sp³-hybridized carbons (Fsp3) is 0.312. The minimum absolute atomic E-state index is 0.256. The third-order valence-electron chi connectivity index (χ3n) is 3.72. The maximum Gasteiger partial charge on any atom is 0.163 e. The minimum Gasteiger partial charge on any atom is -0.496 e. The van der Waals surface area contributed by atoms with Gasteiger partial charge in [-0.2, -0.15) is 0 Å². The summed E-state index contributed by atoms with van der Waals surface area (Å²) in [5, 5.41) is 2.27. The van der Waals surface area contributed by atoms with Crippen LogP contribution in [0.2, 0.25) is 0 Å². The van der Waals surface area contributed by atoms with Gasteiger partial charge in [0.25, 0.3) is 0 Å². The highest BCUT2D eigenvalue weighted by Crippen LogP contribution is 2.34. The number of fused-ring (bicyclic) bond motifs is 3. The first-order valence-electron chi connectivity index (χ1n) is 6.43. The zero-order valence-electron chi connectivity index (χ0n) is 10.5. The Morgan fingerprint density at radius 2 is 1.78 bits per heavy atom. The van der Waals surface area contributed by atoms with Crippen molar-refractivity contribution in [1.29, 1.82) is 0 Å². The smallest absolute Gasteiger partial charge is 0.163 e. The van der Waals surface area contributed by atoms with Crippen LogP contribution in [0, 0.1) is 0 Å². The summed E-state index contributed by atoms with van der Waals surface area (Å²) in [5.41, 5.74) is 2.07. The second kappa shape index (κ2) is 4.45. The molecule has 0 aromatic heterocycles. The van der Waals surface area contributed by atoms with Crippen molar-refractivity contribution in [2.45, 2.75) is 25.7 Å². The number of ketones is 1. The van der Waals surface area contributed by atoms with Crippen molar-refractivity contribution < 1.29 is 9.53 Å². The van der Waals surface area contributed by atoms with Crippen LogP contribution in [0.25, 0.3) is 10.8 Å². The molecule has 18 heavy (non-hydrogen) atoms. The summed E-state index contributed by atoms with van der Waals surface area (Å²) < 4.78 is 5.43. The Labute approximate surface area is 107 Å². The molecule has 0 amide bonds. The molecule has 0 radical (unpaired) electrons. The zero-order valence-corrected chi connectivity index (χ0v) is 10.5. The van der Waals surface area contributed by atoms with Gasteiger partial charge >= 0.3 is 0 Å². The fourth-order valence-corrected chi connectivity index (χ4v) is 2.81. The Hall–Kier alpha value is -1.83. The lowest BCUT2D eigenvalue weighted by molar-refractivity contribution is 0.0982. The van der Waals surface area contributed by atoms with Crippen LogP contribution in [0.5, 0.6) is 5.75 Å². The molecule has 0 heterocycles. The summed E-state index contributed by atoms with van der Waals surface area (Å²) in [6.07, 6.45) is 3.74. The van der Waals surface area contributed by atoms with Crippen molar-refractivity contribution in [3.8, 4) is 5.75 Å². The molecule has 1 aliphatic rings. The third-order valence-corrected chi connectivity index (χ3v) is 3.72. The lowest BCUT2D eigenvalue weighted by Gasteiger charge is -2.13. The number of methoxy groups -OCH3 is 1. The molecule has 0 spiro atoms. The van der Waals surface area contributed by atoms with E-state index in [4.69, 9.17) is 4.74 Å². The summed E-state index contributed by atoms with van der Waals surface area (Å²) in [6, 6.07) is 10.1. The van der Waals surface area contributed by atoms with Gasteiger partial charge in [-0.05, 0) is 36.3 Å². The molecule has 3 rings (SSSR count). The average molecular weight is 240 g/mol. The Morgan fingerprint density at radius 3 is 2.56 bits per heavy atom. The van der Waals surface area contributed by atoms with Gasteiger partial charge < -0.3 is 4.74 Å². The Balaban J connectivity index is 2.37. The fourth-order valence-electron chi connectivity index (χ4n) is 2.81. The van der Waals surface area contributed by atoms with E-state index in [1.165, 1.54) is 10.9 Å². The zero-order chi connectivity index (χ0) is 12.5. The van der Waals surface area contributed by atoms with Crippen LogP contribution in [0.15, 0.2) is 30.3 Å². The van der Waals surface area contributed by atoms with Crippen molar-refractivity contribution in [2.24, 2.45) is 0 Å². The molecule has 0 N–H and O–H groups in total. The summed E-state index contributed by atoms with van der Waals surface area (Å²) in [7, 11) is 1.66. The number of carbonyl (C=O) groups is 1. The molecule has 2 nitrogen and oxygen atoms in total. The first-order valence-corrected chi connectivity index (χ1v) is 6.43. The van der Waals surface area contributed by atoms with Crippen LogP contribution in [0.4, 0.5) is 0 Å². The number of hydrogen-bond donors (Lipinski definition) is 0. The summed E-state index contributed by atoms with van der Waals surface area (Å²) in [5.74, 6) is 1.06. The Bertz CT molecular complexity index is 614.